The number of nitrogens with zero attached hydrogens (tertiary/aromatic N) is 5. The lowest BCUT2D eigenvalue weighted by Crippen LogP contribution is -2.46. The first-order valence-corrected chi connectivity index (χ1v) is 9.26. The van der Waals surface area contributed by atoms with E-state index >= 15 is 0 Å². The molecule has 0 unspecified atom stereocenters. The van der Waals surface area contributed by atoms with Crippen LogP contribution < -0.4 is 10.1 Å². The SMILES string of the molecule is COc1ccc(CN=C(NCc2nnc(C)n2C)N2CCC(O)CC2)cc1.I. The molecule has 0 spiro atoms. The molecule has 1 saturated heterocycles. The molecule has 3 rings (SSSR count). The summed E-state index contributed by atoms with van der Waals surface area (Å²) < 4.78 is 7.17. The van der Waals surface area contributed by atoms with Crippen LogP contribution in [0.15, 0.2) is 29.3 Å². The number of aliphatic hydroxyl groups excluding tert-OH is 1. The van der Waals surface area contributed by atoms with Gasteiger partial charge < -0.3 is 24.6 Å². The Bertz CT molecular complexity index is 769. The van der Waals surface area contributed by atoms with Crippen LogP contribution in [0.25, 0.3) is 0 Å². The van der Waals surface area contributed by atoms with Gasteiger partial charge in [0.1, 0.15) is 11.6 Å². The number of ether oxygens (including phenoxy) is 1. The Morgan fingerprint density at radius 2 is 1.93 bits per heavy atom. The largest absolute Gasteiger partial charge is 0.497 e. The molecule has 0 aliphatic carbocycles. The Morgan fingerprint density at radius 3 is 2.50 bits per heavy atom. The van der Waals surface area contributed by atoms with Gasteiger partial charge in [-0.1, -0.05) is 12.1 Å². The van der Waals surface area contributed by atoms with Gasteiger partial charge in [0.05, 0.1) is 26.3 Å². The number of likely N-dealkylation sites (tertiary alicyclic amines) is 1. The number of rotatable bonds is 5. The van der Waals surface area contributed by atoms with Crippen molar-refractivity contribution in [1.82, 2.24) is 25.0 Å². The molecule has 9 heteroatoms. The Morgan fingerprint density at radius 1 is 1.25 bits per heavy atom. The van der Waals surface area contributed by atoms with Crippen molar-refractivity contribution in [3.05, 3.63) is 41.5 Å². The summed E-state index contributed by atoms with van der Waals surface area (Å²) in [5, 5.41) is 21.5. The van der Waals surface area contributed by atoms with Gasteiger partial charge in [-0.25, -0.2) is 4.99 Å². The Balaban J connectivity index is 0.00000280. The quantitative estimate of drug-likeness (QED) is 0.370. The van der Waals surface area contributed by atoms with E-state index in [1.54, 1.807) is 7.11 Å². The zero-order valence-electron chi connectivity index (χ0n) is 16.6. The highest BCUT2D eigenvalue weighted by Gasteiger charge is 2.20. The molecule has 2 aromatic rings. The van der Waals surface area contributed by atoms with Gasteiger partial charge in [-0.15, -0.1) is 34.2 Å². The van der Waals surface area contributed by atoms with E-state index in [-0.39, 0.29) is 30.1 Å². The van der Waals surface area contributed by atoms with Crippen molar-refractivity contribution in [2.24, 2.45) is 12.0 Å². The number of nitrogens with one attached hydrogen (secondary N) is 1. The number of aliphatic hydroxyl groups is 1. The van der Waals surface area contributed by atoms with E-state index in [0.29, 0.717) is 13.1 Å². The maximum Gasteiger partial charge on any atom is 0.194 e. The standard InChI is InChI=1S/C19H28N6O2.HI/c1-14-22-23-18(24(14)2)13-21-19(25-10-8-16(26)9-11-25)20-12-15-4-6-17(27-3)7-5-15;/h4-7,16,26H,8-13H2,1-3H3,(H,20,21);1H. The predicted octanol–water partition coefficient (Wildman–Crippen LogP) is 1.85. The Hall–Kier alpha value is -1.88. The predicted molar refractivity (Wildman–Crippen MR) is 119 cm³/mol. The van der Waals surface area contributed by atoms with Gasteiger partial charge in [-0.2, -0.15) is 0 Å². The van der Waals surface area contributed by atoms with Crippen LogP contribution in [0, 0.1) is 6.92 Å². The molecular weight excluding hydrogens is 471 g/mol. The number of aryl methyl sites for hydroxylation is 1. The third kappa shape index (κ3) is 5.81. The van der Waals surface area contributed by atoms with Crippen LogP contribution in [0.5, 0.6) is 5.75 Å². The molecule has 0 atom stereocenters. The minimum atomic E-state index is -0.217. The fraction of sp³-hybridized carbons (Fsp3) is 0.526. The van der Waals surface area contributed by atoms with E-state index < -0.39 is 0 Å². The van der Waals surface area contributed by atoms with Crippen LogP contribution in [0.2, 0.25) is 0 Å². The molecular formula is C19H29IN6O2. The second kappa shape index (κ2) is 10.6. The number of hydrogen-bond acceptors (Lipinski definition) is 5. The smallest absolute Gasteiger partial charge is 0.194 e. The van der Waals surface area contributed by atoms with E-state index in [0.717, 1.165) is 54.9 Å². The molecule has 1 aliphatic rings. The summed E-state index contributed by atoms with van der Waals surface area (Å²) in [6.07, 6.45) is 1.30. The second-order valence-electron chi connectivity index (χ2n) is 6.78. The topological polar surface area (TPSA) is 87.8 Å². The van der Waals surface area contributed by atoms with E-state index in [9.17, 15) is 5.11 Å². The molecule has 8 nitrogen and oxygen atoms in total. The lowest BCUT2D eigenvalue weighted by molar-refractivity contribution is 0.108. The highest BCUT2D eigenvalue weighted by Crippen LogP contribution is 2.14. The van der Waals surface area contributed by atoms with Crippen LogP contribution in [-0.2, 0) is 20.1 Å². The summed E-state index contributed by atoms with van der Waals surface area (Å²) in [7, 11) is 3.62. The maximum atomic E-state index is 9.79. The average Bonchev–Trinajstić information content (AvgIpc) is 3.01. The zero-order valence-corrected chi connectivity index (χ0v) is 19.0. The van der Waals surface area contributed by atoms with Crippen molar-refractivity contribution < 1.29 is 9.84 Å². The minimum Gasteiger partial charge on any atom is -0.497 e. The first-order valence-electron chi connectivity index (χ1n) is 9.26. The normalized spacial score (nSPS) is 15.3. The van der Waals surface area contributed by atoms with Gasteiger partial charge in [0.25, 0.3) is 0 Å². The number of guanidine groups is 1. The Labute approximate surface area is 183 Å². The minimum absolute atomic E-state index is 0. The van der Waals surface area contributed by atoms with E-state index in [1.807, 2.05) is 42.8 Å². The van der Waals surface area contributed by atoms with Crippen molar-refractivity contribution in [1.29, 1.82) is 0 Å². The number of aromatic nitrogens is 3. The molecule has 1 fully saturated rings. The number of aliphatic imine (C=N–C) groups is 1. The third-order valence-electron chi connectivity index (χ3n) is 4.92. The van der Waals surface area contributed by atoms with Crippen molar-refractivity contribution in [2.75, 3.05) is 20.2 Å². The molecule has 28 heavy (non-hydrogen) atoms. The summed E-state index contributed by atoms with van der Waals surface area (Å²) in [6, 6.07) is 7.92. The van der Waals surface area contributed by atoms with Crippen molar-refractivity contribution >= 4 is 29.9 Å². The van der Waals surface area contributed by atoms with E-state index in [2.05, 4.69) is 20.4 Å². The molecule has 0 radical (unpaired) electrons. The van der Waals surface area contributed by atoms with Crippen LogP contribution in [0.3, 0.4) is 0 Å². The number of hydrogen-bond donors (Lipinski definition) is 2. The molecule has 1 aromatic carbocycles. The number of piperidine rings is 1. The molecule has 0 amide bonds. The van der Waals surface area contributed by atoms with Crippen molar-refractivity contribution in [3.63, 3.8) is 0 Å². The average molecular weight is 500 g/mol. The van der Waals surface area contributed by atoms with Gasteiger partial charge in [0.15, 0.2) is 11.8 Å². The van der Waals surface area contributed by atoms with Crippen molar-refractivity contribution in [2.45, 2.75) is 39.0 Å². The monoisotopic (exact) mass is 500 g/mol. The molecule has 2 heterocycles. The molecule has 1 aromatic heterocycles. The van der Waals surface area contributed by atoms with Gasteiger partial charge in [-0.05, 0) is 37.5 Å². The zero-order chi connectivity index (χ0) is 19.2. The summed E-state index contributed by atoms with van der Waals surface area (Å²) in [5.74, 6) is 3.41. The maximum absolute atomic E-state index is 9.79. The van der Waals surface area contributed by atoms with Crippen LogP contribution in [0.1, 0.15) is 30.1 Å². The third-order valence-corrected chi connectivity index (χ3v) is 4.92. The van der Waals surface area contributed by atoms with Gasteiger partial charge >= 0.3 is 0 Å². The highest BCUT2D eigenvalue weighted by atomic mass is 127. The summed E-state index contributed by atoms with van der Waals surface area (Å²) in [4.78, 5) is 7.00. The summed E-state index contributed by atoms with van der Waals surface area (Å²) in [5.41, 5.74) is 1.11. The van der Waals surface area contributed by atoms with Crippen molar-refractivity contribution in [3.8, 4) is 5.75 Å². The lowest BCUT2D eigenvalue weighted by Gasteiger charge is -2.32. The van der Waals surface area contributed by atoms with E-state index in [1.165, 1.54) is 0 Å². The Kier molecular flexibility index (Phi) is 8.49. The molecule has 154 valence electrons. The highest BCUT2D eigenvalue weighted by molar-refractivity contribution is 14.0. The molecule has 0 bridgehead atoms. The molecule has 2 N–H and O–H groups in total. The van der Waals surface area contributed by atoms with E-state index in [4.69, 9.17) is 9.73 Å². The summed E-state index contributed by atoms with van der Waals surface area (Å²) in [6.45, 7) is 4.63. The number of benzene rings is 1. The van der Waals surface area contributed by atoms with Gasteiger partial charge in [0.2, 0.25) is 0 Å². The number of methoxy groups -OCH3 is 1. The molecule has 0 saturated carbocycles. The van der Waals surface area contributed by atoms with Gasteiger partial charge in [-0.3, -0.25) is 0 Å². The second-order valence-corrected chi connectivity index (χ2v) is 6.78. The van der Waals surface area contributed by atoms with Crippen LogP contribution in [-0.4, -0.2) is 57.0 Å². The first-order chi connectivity index (χ1) is 13.1. The number of halogens is 1. The first kappa shape index (κ1) is 22.4. The fourth-order valence-electron chi connectivity index (χ4n) is 3.01. The molecule has 1 aliphatic heterocycles. The lowest BCUT2D eigenvalue weighted by atomic mass is 10.1. The summed E-state index contributed by atoms with van der Waals surface area (Å²) >= 11 is 0. The fourth-order valence-corrected chi connectivity index (χ4v) is 3.01. The van der Waals surface area contributed by atoms with Crippen LogP contribution in [0.4, 0.5) is 0 Å². The van der Waals surface area contributed by atoms with Gasteiger partial charge in [0, 0.05) is 20.1 Å². The van der Waals surface area contributed by atoms with Crippen LogP contribution >= 0.6 is 24.0 Å².